The van der Waals surface area contributed by atoms with E-state index in [0.29, 0.717) is 0 Å². The van der Waals surface area contributed by atoms with Crippen molar-refractivity contribution < 1.29 is 0 Å². The highest BCUT2D eigenvalue weighted by Gasteiger charge is 2.22. The quantitative estimate of drug-likeness (QED) is 0.554. The second-order valence-electron chi connectivity index (χ2n) is 4.28. The van der Waals surface area contributed by atoms with Crippen molar-refractivity contribution in [1.82, 2.24) is 0 Å². The van der Waals surface area contributed by atoms with E-state index in [1.165, 1.54) is 11.1 Å². The molecule has 63 valence electrons. The summed E-state index contributed by atoms with van der Waals surface area (Å²) in [5, 5.41) is 0. The van der Waals surface area contributed by atoms with Gasteiger partial charge in [0.15, 0.2) is 0 Å². The molecule has 0 aliphatic heterocycles. The van der Waals surface area contributed by atoms with Gasteiger partial charge in [0.1, 0.15) is 0 Å². The van der Waals surface area contributed by atoms with Gasteiger partial charge in [-0.3, -0.25) is 0 Å². The molecule has 2 rings (SSSR count). The molecule has 0 atom stereocenters. The minimum absolute atomic E-state index is 0.852. The van der Waals surface area contributed by atoms with Crippen molar-refractivity contribution in [3.8, 4) is 0 Å². The van der Waals surface area contributed by atoms with Gasteiger partial charge in [0.25, 0.3) is 0 Å². The lowest BCUT2D eigenvalue weighted by Gasteiger charge is -2.12. The molecule has 2 saturated carbocycles. The Morgan fingerprint density at radius 1 is 0.636 bits per heavy atom. The van der Waals surface area contributed by atoms with Crippen LogP contribution in [0.15, 0.2) is 0 Å². The topological polar surface area (TPSA) is 0 Å². The largest absolute Gasteiger partial charge is 0.0533 e. The molecular weight excluding hydrogens is 148 g/mol. The number of hydrogen-bond acceptors (Lipinski definition) is 0. The van der Waals surface area contributed by atoms with Crippen LogP contribution in [0.1, 0.15) is 51.4 Å². The molecule has 1 radical (unpaired) electrons. The van der Waals surface area contributed by atoms with E-state index in [2.05, 4.69) is 0 Å². The summed E-state index contributed by atoms with van der Waals surface area (Å²) >= 11 is 0. The molecule has 1 heteroatoms. The fourth-order valence-corrected chi connectivity index (χ4v) is 5.17. The third-order valence-electron chi connectivity index (χ3n) is 3.34. The van der Waals surface area contributed by atoms with Gasteiger partial charge in [-0.2, -0.15) is 0 Å². The average molecular weight is 167 g/mol. The van der Waals surface area contributed by atoms with Crippen molar-refractivity contribution in [2.75, 3.05) is 0 Å². The van der Waals surface area contributed by atoms with Crippen LogP contribution in [0, 0.1) is 0 Å². The molecule has 2 aliphatic carbocycles. The van der Waals surface area contributed by atoms with Gasteiger partial charge < -0.3 is 0 Å². The highest BCUT2D eigenvalue weighted by molar-refractivity contribution is 6.39. The molecule has 0 unspecified atom stereocenters. The maximum absolute atomic E-state index is 1.59. The van der Waals surface area contributed by atoms with Crippen LogP contribution < -0.4 is 0 Å². The van der Waals surface area contributed by atoms with Gasteiger partial charge in [-0.1, -0.05) is 51.4 Å². The molecule has 0 spiro atoms. The monoisotopic (exact) mass is 167 g/mol. The summed E-state index contributed by atoms with van der Waals surface area (Å²) in [6.45, 7) is 0. The first-order chi connectivity index (χ1) is 5.45. The predicted molar refractivity (Wildman–Crippen MR) is 51.6 cm³/mol. The Kier molecular flexibility index (Phi) is 2.67. The first-order valence-corrected chi connectivity index (χ1v) is 6.63. The van der Waals surface area contributed by atoms with E-state index >= 15 is 0 Å². The Balaban J connectivity index is 1.71. The zero-order valence-electron chi connectivity index (χ0n) is 7.39. The van der Waals surface area contributed by atoms with E-state index in [9.17, 15) is 0 Å². The molecule has 0 aromatic heterocycles. The van der Waals surface area contributed by atoms with Gasteiger partial charge in [-0.15, -0.1) is 0 Å². The SMILES string of the molecule is C1CCC([SiH]C2CCCC2)C1. The lowest BCUT2D eigenvalue weighted by atomic mass is 10.3. The molecule has 2 aliphatic rings. The van der Waals surface area contributed by atoms with E-state index < -0.39 is 0 Å². The smallest absolute Gasteiger partial charge is 0.0346 e. The molecule has 11 heavy (non-hydrogen) atoms. The van der Waals surface area contributed by atoms with Crippen LogP contribution in [0.25, 0.3) is 0 Å². The highest BCUT2D eigenvalue weighted by atomic mass is 28.2. The van der Waals surface area contributed by atoms with Gasteiger partial charge in [-0.05, 0) is 11.1 Å². The maximum atomic E-state index is 1.59. The first-order valence-electron chi connectivity index (χ1n) is 5.30. The fourth-order valence-electron chi connectivity index (χ4n) is 2.68. The summed E-state index contributed by atoms with van der Waals surface area (Å²) in [4.78, 5) is 0. The number of hydrogen-bond donors (Lipinski definition) is 0. The van der Waals surface area contributed by atoms with Crippen LogP contribution in [0.5, 0.6) is 0 Å². The van der Waals surface area contributed by atoms with Gasteiger partial charge in [0, 0.05) is 9.52 Å². The standard InChI is InChI=1S/C10H19Si/c1-2-6-9(5-1)11-10-7-3-4-8-10/h9-11H,1-8H2. The summed E-state index contributed by atoms with van der Waals surface area (Å²) in [5.74, 6) is 0. The van der Waals surface area contributed by atoms with Crippen LogP contribution >= 0.6 is 0 Å². The second kappa shape index (κ2) is 3.75. The first kappa shape index (κ1) is 7.84. The molecule has 0 aromatic carbocycles. The van der Waals surface area contributed by atoms with Crippen LogP contribution in [0.4, 0.5) is 0 Å². The summed E-state index contributed by atoms with van der Waals surface area (Å²) < 4.78 is 0. The van der Waals surface area contributed by atoms with Crippen molar-refractivity contribution in [3.63, 3.8) is 0 Å². The third-order valence-corrected chi connectivity index (χ3v) is 5.77. The minimum Gasteiger partial charge on any atom is -0.0533 e. The van der Waals surface area contributed by atoms with Crippen molar-refractivity contribution in [2.24, 2.45) is 0 Å². The molecule has 0 aromatic rings. The van der Waals surface area contributed by atoms with Crippen LogP contribution in [0.3, 0.4) is 0 Å². The summed E-state index contributed by atoms with van der Waals surface area (Å²) in [7, 11) is 0.852. The van der Waals surface area contributed by atoms with Crippen LogP contribution in [-0.4, -0.2) is 9.52 Å². The average Bonchev–Trinajstić information content (AvgIpc) is 2.60. The molecule has 0 bridgehead atoms. The van der Waals surface area contributed by atoms with E-state index in [1.807, 2.05) is 0 Å². The second-order valence-corrected chi connectivity index (χ2v) is 6.55. The summed E-state index contributed by atoms with van der Waals surface area (Å²) in [6.07, 6.45) is 12.5. The number of rotatable bonds is 2. The van der Waals surface area contributed by atoms with Crippen molar-refractivity contribution in [2.45, 2.75) is 62.4 Å². The van der Waals surface area contributed by atoms with Gasteiger partial charge in [0.05, 0.1) is 0 Å². The Bertz CT molecular complexity index is 96.0. The molecule has 0 heterocycles. The molecule has 0 N–H and O–H groups in total. The Hall–Kier alpha value is 0.217. The molecule has 0 amide bonds. The molecule has 0 saturated heterocycles. The van der Waals surface area contributed by atoms with Crippen LogP contribution in [-0.2, 0) is 0 Å². The Labute approximate surface area is 72.6 Å². The lowest BCUT2D eigenvalue weighted by molar-refractivity contribution is 0.796. The fraction of sp³-hybridized carbons (Fsp3) is 1.00. The predicted octanol–water partition coefficient (Wildman–Crippen LogP) is 3.15. The van der Waals surface area contributed by atoms with Crippen molar-refractivity contribution >= 4 is 9.52 Å². The zero-order chi connectivity index (χ0) is 7.52. The Morgan fingerprint density at radius 3 is 1.36 bits per heavy atom. The maximum Gasteiger partial charge on any atom is 0.0346 e. The van der Waals surface area contributed by atoms with Gasteiger partial charge in [-0.25, -0.2) is 0 Å². The van der Waals surface area contributed by atoms with Crippen molar-refractivity contribution in [3.05, 3.63) is 0 Å². The lowest BCUT2D eigenvalue weighted by Crippen LogP contribution is -2.05. The van der Waals surface area contributed by atoms with E-state index in [0.717, 1.165) is 9.52 Å². The van der Waals surface area contributed by atoms with Gasteiger partial charge in [0.2, 0.25) is 0 Å². The summed E-state index contributed by atoms with van der Waals surface area (Å²) in [5.41, 5.74) is 2.44. The molecule has 0 nitrogen and oxygen atoms in total. The van der Waals surface area contributed by atoms with E-state index in [-0.39, 0.29) is 0 Å². The third kappa shape index (κ3) is 2.08. The van der Waals surface area contributed by atoms with E-state index in [1.54, 1.807) is 51.4 Å². The van der Waals surface area contributed by atoms with E-state index in [4.69, 9.17) is 0 Å². The Morgan fingerprint density at radius 2 is 1.00 bits per heavy atom. The highest BCUT2D eigenvalue weighted by Crippen LogP contribution is 2.37. The zero-order valence-corrected chi connectivity index (χ0v) is 8.54. The van der Waals surface area contributed by atoms with Crippen LogP contribution in [0.2, 0.25) is 11.1 Å². The minimum atomic E-state index is 0.852. The summed E-state index contributed by atoms with van der Waals surface area (Å²) in [6, 6.07) is 0. The molecular formula is C10H19Si. The van der Waals surface area contributed by atoms with Crippen molar-refractivity contribution in [1.29, 1.82) is 0 Å². The van der Waals surface area contributed by atoms with Gasteiger partial charge >= 0.3 is 0 Å². The molecule has 2 fully saturated rings. The normalized spacial score (nSPS) is 28.4.